The molecule has 0 radical (unpaired) electrons. The molecule has 0 aliphatic rings. The number of nitrogens with zero attached hydrogens (tertiary/aromatic N) is 1. The van der Waals surface area contributed by atoms with Crippen LogP contribution in [0.15, 0.2) is 42.6 Å². The summed E-state index contributed by atoms with van der Waals surface area (Å²) in [6.07, 6.45) is 1.73. The van der Waals surface area contributed by atoms with Crippen LogP contribution in [-0.4, -0.2) is 11.6 Å². The maximum Gasteiger partial charge on any atom is 0.128 e. The van der Waals surface area contributed by atoms with Gasteiger partial charge in [0.15, 0.2) is 0 Å². The Morgan fingerprint density at radius 2 is 2.05 bits per heavy atom. The summed E-state index contributed by atoms with van der Waals surface area (Å²) in [5, 5.41) is 0. The smallest absolute Gasteiger partial charge is 0.128 e. The van der Waals surface area contributed by atoms with E-state index in [1.165, 1.54) is 0 Å². The average Bonchev–Trinajstić information content (AvgIpc) is 2.44. The number of pyridine rings is 1. The maximum atomic E-state index is 5.87. The third-order valence-corrected chi connectivity index (χ3v) is 2.82. The number of hydrazine groups is 1. The Bertz CT molecular complexity index is 530. The molecule has 1 atom stereocenters. The van der Waals surface area contributed by atoms with Crippen molar-refractivity contribution in [2.75, 3.05) is 12.3 Å². The Kier molecular flexibility index (Phi) is 4.33. The van der Waals surface area contributed by atoms with E-state index >= 15 is 0 Å². The number of nitrogen functional groups attached to an aromatic ring is 1. The van der Waals surface area contributed by atoms with Crippen molar-refractivity contribution in [1.29, 1.82) is 0 Å². The van der Waals surface area contributed by atoms with Gasteiger partial charge >= 0.3 is 0 Å². The van der Waals surface area contributed by atoms with E-state index in [4.69, 9.17) is 16.3 Å². The number of anilines is 1. The van der Waals surface area contributed by atoms with E-state index in [0.717, 1.165) is 16.9 Å². The van der Waals surface area contributed by atoms with Gasteiger partial charge in [-0.2, -0.15) is 0 Å². The highest BCUT2D eigenvalue weighted by Gasteiger charge is 2.14. The maximum absolute atomic E-state index is 5.87. The first-order valence-electron chi connectivity index (χ1n) is 6.06. The molecule has 0 spiro atoms. The molecule has 0 amide bonds. The molecule has 0 aliphatic heterocycles. The minimum absolute atomic E-state index is 0.201. The van der Waals surface area contributed by atoms with Gasteiger partial charge in [-0.3, -0.25) is 5.84 Å². The van der Waals surface area contributed by atoms with Crippen molar-refractivity contribution < 1.29 is 4.74 Å². The molecular formula is C14H18N4O. The molecule has 5 nitrogen and oxygen atoms in total. The minimum Gasteiger partial charge on any atom is -0.492 e. The molecular weight excluding hydrogens is 240 g/mol. The minimum atomic E-state index is -0.201. The Hall–Kier alpha value is -2.11. The summed E-state index contributed by atoms with van der Waals surface area (Å²) >= 11 is 0. The lowest BCUT2D eigenvalue weighted by Gasteiger charge is -2.18. The Morgan fingerprint density at radius 3 is 2.74 bits per heavy atom. The van der Waals surface area contributed by atoms with Crippen molar-refractivity contribution in [3.05, 3.63) is 53.7 Å². The second kappa shape index (κ2) is 6.17. The van der Waals surface area contributed by atoms with Gasteiger partial charge in [0.05, 0.1) is 6.04 Å². The number of nitrogens with two attached hydrogens (primary N) is 2. The van der Waals surface area contributed by atoms with Gasteiger partial charge in [0.1, 0.15) is 18.2 Å². The van der Waals surface area contributed by atoms with Crippen molar-refractivity contribution in [3.63, 3.8) is 0 Å². The molecule has 5 heteroatoms. The van der Waals surface area contributed by atoms with Crippen LogP contribution in [0.2, 0.25) is 0 Å². The largest absolute Gasteiger partial charge is 0.492 e. The zero-order valence-corrected chi connectivity index (χ0v) is 10.8. The average molecular weight is 258 g/mol. The summed E-state index contributed by atoms with van der Waals surface area (Å²) in [6.45, 7) is 2.34. The Morgan fingerprint density at radius 1 is 1.32 bits per heavy atom. The monoisotopic (exact) mass is 258 g/mol. The third kappa shape index (κ3) is 3.43. The molecule has 2 rings (SSSR count). The second-order valence-corrected chi connectivity index (χ2v) is 4.33. The lowest BCUT2D eigenvalue weighted by atomic mass is 10.1. The first-order valence-corrected chi connectivity index (χ1v) is 6.06. The Labute approximate surface area is 112 Å². The molecule has 1 aromatic carbocycles. The van der Waals surface area contributed by atoms with Crippen LogP contribution >= 0.6 is 0 Å². The zero-order chi connectivity index (χ0) is 13.7. The quantitative estimate of drug-likeness (QED) is 0.559. The van der Waals surface area contributed by atoms with Crippen LogP contribution in [0.1, 0.15) is 17.2 Å². The molecule has 1 aromatic heterocycles. The molecule has 0 fully saturated rings. The van der Waals surface area contributed by atoms with Gasteiger partial charge in [0.25, 0.3) is 0 Å². The number of hydrogen-bond donors (Lipinski definition) is 3. The number of benzene rings is 1. The van der Waals surface area contributed by atoms with E-state index in [0.29, 0.717) is 12.4 Å². The Balaban J connectivity index is 2.10. The normalized spacial score (nSPS) is 12.1. The number of hydrogen-bond acceptors (Lipinski definition) is 5. The fourth-order valence-electron chi connectivity index (χ4n) is 1.81. The van der Waals surface area contributed by atoms with Crippen molar-refractivity contribution in [2.24, 2.45) is 5.84 Å². The van der Waals surface area contributed by atoms with Crippen LogP contribution in [0.3, 0.4) is 0 Å². The fourth-order valence-corrected chi connectivity index (χ4v) is 1.81. The van der Waals surface area contributed by atoms with Gasteiger partial charge in [0.2, 0.25) is 0 Å². The molecule has 19 heavy (non-hydrogen) atoms. The summed E-state index contributed by atoms with van der Waals surface area (Å²) in [4.78, 5) is 4.13. The molecule has 0 aliphatic carbocycles. The number of nitrogens with one attached hydrogen (secondary N) is 1. The molecule has 1 heterocycles. The molecule has 0 bridgehead atoms. The van der Waals surface area contributed by atoms with Crippen LogP contribution in [0, 0.1) is 6.92 Å². The first kappa shape index (κ1) is 13.3. The highest BCUT2D eigenvalue weighted by atomic mass is 16.5. The van der Waals surface area contributed by atoms with Crippen LogP contribution in [0.25, 0.3) is 0 Å². The molecule has 2 aromatic rings. The summed E-state index contributed by atoms with van der Waals surface area (Å²) < 4.78 is 5.68. The van der Waals surface area contributed by atoms with Crippen molar-refractivity contribution in [1.82, 2.24) is 10.4 Å². The summed E-state index contributed by atoms with van der Waals surface area (Å²) in [5.74, 6) is 6.83. The number of para-hydroxylation sites is 1. The topological polar surface area (TPSA) is 86.2 Å². The number of aromatic nitrogens is 1. The van der Waals surface area contributed by atoms with Gasteiger partial charge in [-0.05, 0) is 30.7 Å². The highest BCUT2D eigenvalue weighted by molar-refractivity contribution is 5.43. The van der Waals surface area contributed by atoms with Crippen molar-refractivity contribution in [3.8, 4) is 5.75 Å². The second-order valence-electron chi connectivity index (χ2n) is 4.33. The van der Waals surface area contributed by atoms with Crippen LogP contribution in [0.5, 0.6) is 5.75 Å². The van der Waals surface area contributed by atoms with Crippen molar-refractivity contribution in [2.45, 2.75) is 13.0 Å². The lowest BCUT2D eigenvalue weighted by Crippen LogP contribution is -2.33. The summed E-state index contributed by atoms with van der Waals surface area (Å²) in [5.41, 5.74) is 10.5. The lowest BCUT2D eigenvalue weighted by molar-refractivity contribution is 0.267. The third-order valence-electron chi connectivity index (χ3n) is 2.82. The van der Waals surface area contributed by atoms with E-state index in [2.05, 4.69) is 10.4 Å². The predicted molar refractivity (Wildman–Crippen MR) is 75.4 cm³/mol. The van der Waals surface area contributed by atoms with Crippen molar-refractivity contribution >= 4 is 5.82 Å². The van der Waals surface area contributed by atoms with Gasteiger partial charge in [-0.1, -0.05) is 18.2 Å². The van der Waals surface area contributed by atoms with E-state index in [-0.39, 0.29) is 6.04 Å². The van der Waals surface area contributed by atoms with Gasteiger partial charge in [0, 0.05) is 11.8 Å². The summed E-state index contributed by atoms with van der Waals surface area (Å²) in [7, 11) is 0. The van der Waals surface area contributed by atoms with Gasteiger partial charge in [-0.15, -0.1) is 0 Å². The fraction of sp³-hybridized carbons (Fsp3) is 0.214. The van der Waals surface area contributed by atoms with Crippen LogP contribution in [0.4, 0.5) is 5.82 Å². The van der Waals surface area contributed by atoms with E-state index in [9.17, 15) is 0 Å². The van der Waals surface area contributed by atoms with Gasteiger partial charge in [-0.25, -0.2) is 10.4 Å². The molecule has 0 saturated heterocycles. The standard InChI is InChI=1S/C14H18N4O/c1-10-7-12(14(15)17-8-10)13(18-16)9-19-11-5-3-2-4-6-11/h2-8,13,18H,9,16H2,1H3,(H2,15,17). The number of aryl methyl sites for hydroxylation is 1. The first-order chi connectivity index (χ1) is 9.20. The van der Waals surface area contributed by atoms with Crippen LogP contribution < -0.4 is 21.7 Å². The summed E-state index contributed by atoms with van der Waals surface area (Å²) in [6, 6.07) is 11.3. The SMILES string of the molecule is Cc1cnc(N)c(C(COc2ccccc2)NN)c1. The van der Waals surface area contributed by atoms with E-state index in [1.54, 1.807) is 6.20 Å². The molecule has 100 valence electrons. The molecule has 1 unspecified atom stereocenters. The van der Waals surface area contributed by atoms with Crippen LogP contribution in [-0.2, 0) is 0 Å². The number of rotatable bonds is 5. The van der Waals surface area contributed by atoms with Gasteiger partial charge < -0.3 is 10.5 Å². The van der Waals surface area contributed by atoms with E-state index < -0.39 is 0 Å². The molecule has 0 saturated carbocycles. The predicted octanol–water partition coefficient (Wildman–Crippen LogP) is 1.56. The van der Waals surface area contributed by atoms with E-state index in [1.807, 2.05) is 43.3 Å². The number of ether oxygens (including phenoxy) is 1. The highest BCUT2D eigenvalue weighted by Crippen LogP contribution is 2.20. The molecule has 5 N–H and O–H groups in total. The zero-order valence-electron chi connectivity index (χ0n) is 10.8.